The van der Waals surface area contributed by atoms with Crippen LogP contribution in [0, 0.1) is 5.92 Å². The van der Waals surface area contributed by atoms with Crippen molar-refractivity contribution >= 4 is 61.3 Å². The Bertz CT molecular complexity index is 3170. The fourth-order valence-corrected chi connectivity index (χ4v) is 16.9. The number of hydrogen-bond acceptors (Lipinski definition) is 24. The van der Waals surface area contributed by atoms with E-state index in [1.54, 1.807) is 21.3 Å². The van der Waals surface area contributed by atoms with Crippen molar-refractivity contribution in [1.82, 2.24) is 0 Å². The van der Waals surface area contributed by atoms with Crippen molar-refractivity contribution in [3.8, 4) is 0 Å². The molecule has 0 aromatic heterocycles. The van der Waals surface area contributed by atoms with Gasteiger partial charge in [-0.05, 0) is 63.6 Å². The molecule has 14 saturated heterocycles. The van der Waals surface area contributed by atoms with E-state index in [1.807, 2.05) is 27.7 Å². The summed E-state index contributed by atoms with van der Waals surface area (Å²) < 4.78 is 164. The maximum absolute atomic E-state index is 10.9. The lowest BCUT2D eigenvalue weighted by molar-refractivity contribution is -0.284. The Kier molecular flexibility index (Phi) is 29.6. The first-order valence-electron chi connectivity index (χ1n) is 31.7. The molecule has 0 saturated carbocycles. The molecule has 14 rings (SSSR count). The number of rotatable bonds is 18. The first-order valence-corrected chi connectivity index (χ1v) is 41.7. The van der Waals surface area contributed by atoms with Crippen molar-refractivity contribution in [3.63, 3.8) is 0 Å². The molecule has 101 heavy (non-hydrogen) atoms. The lowest BCUT2D eigenvalue weighted by Crippen LogP contribution is -2.64. The van der Waals surface area contributed by atoms with Crippen molar-refractivity contribution in [2.45, 2.75) is 191 Å². The third-order valence-corrected chi connectivity index (χ3v) is 21.9. The minimum Gasteiger partial charge on any atom is -0.379 e. The van der Waals surface area contributed by atoms with Gasteiger partial charge in [-0.3, -0.25) is 27.4 Å². The summed E-state index contributed by atoms with van der Waals surface area (Å²) in [6, 6.07) is -1.12. The molecule has 0 aliphatic carbocycles. The first kappa shape index (κ1) is 87.0. The van der Waals surface area contributed by atoms with Crippen molar-refractivity contribution in [3.05, 3.63) is 71.4 Å². The van der Waals surface area contributed by atoms with Gasteiger partial charge in [0.25, 0.3) is 0 Å². The van der Waals surface area contributed by atoms with E-state index < -0.39 is 97.3 Å². The quantitative estimate of drug-likeness (QED) is 0.0683. The van der Waals surface area contributed by atoms with Gasteiger partial charge in [-0.15, -0.1) is 0 Å². The van der Waals surface area contributed by atoms with Gasteiger partial charge in [-0.2, -0.15) is 0 Å². The Morgan fingerprint density at radius 2 is 0.802 bits per heavy atom. The largest absolute Gasteiger partial charge is 0.379 e. The zero-order valence-corrected chi connectivity index (χ0v) is 62.5. The van der Waals surface area contributed by atoms with Gasteiger partial charge in [-0.25, -0.2) is 0 Å². The van der Waals surface area contributed by atoms with E-state index in [1.165, 1.54) is 57.8 Å². The lowest BCUT2D eigenvalue weighted by Gasteiger charge is -2.52. The molecule has 574 valence electrons. The molecule has 4 radical (unpaired) electrons. The van der Waals surface area contributed by atoms with Gasteiger partial charge in [0, 0.05) is 115 Å². The van der Waals surface area contributed by atoms with E-state index in [4.69, 9.17) is 160 Å². The molecule has 24 atom stereocenters. The van der Waals surface area contributed by atoms with Crippen molar-refractivity contribution in [2.24, 2.45) is 5.92 Å². The topological polar surface area (TPSA) is 511 Å². The fraction of sp³-hybridized carbons (Fsp3) is 0.789. The van der Waals surface area contributed by atoms with Gasteiger partial charge in [0.1, 0.15) is 92.0 Å². The monoisotopic (exact) mass is 1560 g/mol. The summed E-state index contributed by atoms with van der Waals surface area (Å²) in [6.45, 7) is 9.77. The minimum absolute atomic E-state index is 0.0878. The first-order chi connectivity index (χ1) is 46.7. The Labute approximate surface area is 587 Å². The second-order valence-electron chi connectivity index (χ2n) is 26.2. The van der Waals surface area contributed by atoms with Crippen LogP contribution in [0.5, 0.6) is 0 Å². The summed E-state index contributed by atoms with van der Waals surface area (Å²) in [5.41, 5.74) is -5.30. The summed E-state index contributed by atoms with van der Waals surface area (Å²) >= 11 is 0. The van der Waals surface area contributed by atoms with Crippen LogP contribution in [0.25, 0.3) is 0 Å². The van der Waals surface area contributed by atoms with Crippen LogP contribution in [-0.4, -0.2) is 300 Å². The Morgan fingerprint density at radius 1 is 0.396 bits per heavy atom. The second kappa shape index (κ2) is 34.3. The van der Waals surface area contributed by atoms with E-state index in [0.717, 1.165) is 34.9 Å². The van der Waals surface area contributed by atoms with Crippen LogP contribution >= 0.6 is 45.6 Å². The summed E-state index contributed by atoms with van der Waals surface area (Å²) in [4.78, 5) is 106. The van der Waals surface area contributed by atoms with Crippen LogP contribution in [0.1, 0.15) is 53.4 Å². The summed E-state index contributed by atoms with van der Waals surface area (Å²) in [7, 11) is -4.51. The molecular weight excluding hydrogens is 1470 g/mol. The highest BCUT2D eigenvalue weighted by Gasteiger charge is 2.61. The molecule has 12 bridgehead atoms. The maximum Gasteiger partial charge on any atom is 0.348 e. The SMILES string of the molecule is COC1C2OCC1(/C=C/P(=O)(O)O)OCC2C.COC1[C@@H]2OCC[C@]1(/C=C/P(=O)(O)O)O[C@H]2C.COC1[C@@H]2OC[C@]1(/C=C/P(=O)(O)O)O[C@H]2C.CO[C@@H]1C[C@]2(/C=C/P(=O)(O)O)CO[C@H]1C(C)O2.[B]C1CC2OCC(/C=C/P(=O)(O)O)(O1)C2OC.[B]C1O[C@@]2(/C=C/P(=O)(O)O)CO[C@@H]1C[C@@H]2OC. The van der Waals surface area contributed by atoms with Gasteiger partial charge >= 0.3 is 45.6 Å². The van der Waals surface area contributed by atoms with E-state index >= 15 is 0 Å². The molecule has 14 aliphatic heterocycles. The Morgan fingerprint density at radius 3 is 1.31 bits per heavy atom. The van der Waals surface area contributed by atoms with Crippen LogP contribution in [-0.2, 0) is 113 Å². The molecule has 14 aliphatic rings. The van der Waals surface area contributed by atoms with Gasteiger partial charge in [0.2, 0.25) is 0 Å². The van der Waals surface area contributed by atoms with Crippen molar-refractivity contribution < 1.29 is 171 Å². The zero-order valence-electron chi connectivity index (χ0n) is 57.1. The summed E-state index contributed by atoms with van der Waals surface area (Å²) in [5.74, 6) is 5.30. The molecule has 14 heterocycles. The van der Waals surface area contributed by atoms with Crippen LogP contribution in [0.15, 0.2) is 71.4 Å². The van der Waals surface area contributed by atoms with Crippen LogP contribution in [0.4, 0.5) is 0 Å². The average molecular weight is 1560 g/mol. The molecular formula is C57H94B2O36P6. The predicted molar refractivity (Wildman–Crippen MR) is 353 cm³/mol. The third-order valence-electron chi connectivity index (χ3n) is 18.7. The standard InChI is InChI=1S/3C10H17O6P.2C9H14BO6P.C9H15O6P/c1-7-8-9(14-2)10(16-7,3-5-15-8)4-6-17(11,12)13;1-7-9-8(14-2)5-10(16-7,6-15-9)3-4-17(11,12)13;1-7-5-16-10(3-4-17(11,12)13)6-15-8(7)9(10)14-2;1-14-8-6-4-7(10)16-9(8,5-15-6)2-3-17(11,12)13;1-14-7-4-6-8(10)16-9(7,5-15-6)2-3-17(11,12)13;1-6-7-8(13-2)9(15-6,5-14-7)3-4-16(10,11)12/h4,6-9H,3,5H2,1-2H3,(H2,11,12,13);2*3-4,7-9H,5-6H2,1-2H3,(H2,11,12,13);2*2-3,6-8H,4-5H2,1H3,(H2,11,12,13);3-4,6-8H,5H2,1-2H3,(H2,10,11,12)/b6-4+;2*4-3+;2*3-2+;4-3+/t7-,8+,9?,10+;7?,8-,9+,10-;;;6-,7+,8?,9+;6-,7+,8?,9-/m01..10/s1. The van der Waals surface area contributed by atoms with Gasteiger partial charge in [0.05, 0.1) is 95.1 Å². The molecule has 44 heteroatoms. The molecule has 12 N–H and O–H groups in total. The highest BCUT2D eigenvalue weighted by Crippen LogP contribution is 2.51. The smallest absolute Gasteiger partial charge is 0.348 e. The molecule has 12 unspecified atom stereocenters. The van der Waals surface area contributed by atoms with E-state index in [-0.39, 0.29) is 118 Å². The second-order valence-corrected chi connectivity index (χ2v) is 35.0. The Balaban J connectivity index is 0.000000170. The van der Waals surface area contributed by atoms with E-state index in [2.05, 4.69) is 0 Å². The molecule has 36 nitrogen and oxygen atoms in total. The zero-order chi connectivity index (χ0) is 75.4. The summed E-state index contributed by atoms with van der Waals surface area (Å²) in [5, 5.41) is 0. The van der Waals surface area contributed by atoms with Gasteiger partial charge in [0.15, 0.2) is 0 Å². The Hall–Kier alpha value is -1.25. The van der Waals surface area contributed by atoms with Crippen molar-refractivity contribution in [1.29, 1.82) is 0 Å². The fourth-order valence-electron chi connectivity index (χ4n) is 14.2. The maximum atomic E-state index is 10.9. The average Bonchev–Trinajstić information content (AvgIpc) is 1.71. The van der Waals surface area contributed by atoms with E-state index in [9.17, 15) is 27.4 Å². The van der Waals surface area contributed by atoms with Gasteiger partial charge in [-0.1, -0.05) is 6.92 Å². The molecule has 14 fully saturated rings. The number of ether oxygens (including phenoxy) is 18. The third kappa shape index (κ3) is 22.3. The van der Waals surface area contributed by atoms with Crippen molar-refractivity contribution in [2.75, 3.05) is 88.9 Å². The number of methoxy groups -OCH3 is 6. The van der Waals surface area contributed by atoms with Crippen LogP contribution in [0.3, 0.4) is 0 Å². The predicted octanol–water partition coefficient (Wildman–Crippen LogP) is 1.51. The summed E-state index contributed by atoms with van der Waals surface area (Å²) in [6.07, 6.45) is 7.12. The van der Waals surface area contributed by atoms with E-state index in [0.29, 0.717) is 45.5 Å². The normalized spacial score (nSPS) is 42.4. The lowest BCUT2D eigenvalue weighted by atomic mass is 9.78. The highest BCUT2D eigenvalue weighted by atomic mass is 31.2. The van der Waals surface area contributed by atoms with Gasteiger partial charge < -0.3 is 144 Å². The number of fused-ring (bicyclic) bond motifs is 14. The molecule has 0 amide bonds. The van der Waals surface area contributed by atoms with Crippen LogP contribution in [0.2, 0.25) is 0 Å². The minimum atomic E-state index is -4.24. The van der Waals surface area contributed by atoms with Crippen LogP contribution < -0.4 is 0 Å². The number of hydrogen-bond donors (Lipinski definition) is 12. The molecule has 0 aromatic carbocycles. The highest BCUT2D eigenvalue weighted by molar-refractivity contribution is 7.56. The molecule has 0 aromatic rings. The molecule has 0 spiro atoms.